The minimum absolute atomic E-state index is 0.316. The van der Waals surface area contributed by atoms with Gasteiger partial charge >= 0.3 is 5.63 Å². The average molecular weight is 437 g/mol. The maximum Gasteiger partial charge on any atom is 0.344 e. The van der Waals surface area contributed by atoms with Crippen LogP contribution in [-0.2, 0) is 0 Å². The summed E-state index contributed by atoms with van der Waals surface area (Å²) in [6.07, 6.45) is 0. The Morgan fingerprint density at radius 1 is 0.529 bits per heavy atom. The first-order valence-corrected chi connectivity index (χ1v) is 11.3. The third kappa shape index (κ3) is 2.61. The van der Waals surface area contributed by atoms with Crippen LogP contribution < -0.4 is 5.63 Å². The summed E-state index contributed by atoms with van der Waals surface area (Å²) in [4.78, 5) is 13.0. The Morgan fingerprint density at radius 3 is 2.03 bits per heavy atom. The van der Waals surface area contributed by atoms with Crippen molar-refractivity contribution in [2.45, 2.75) is 0 Å². The molecular formula is C31H19NO2. The zero-order valence-electron chi connectivity index (χ0n) is 18.2. The van der Waals surface area contributed by atoms with Crippen LogP contribution in [0.4, 0.5) is 0 Å². The highest BCUT2D eigenvalue weighted by Crippen LogP contribution is 2.40. The van der Waals surface area contributed by atoms with Crippen molar-refractivity contribution < 1.29 is 4.42 Å². The number of para-hydroxylation sites is 2. The van der Waals surface area contributed by atoms with Gasteiger partial charge < -0.3 is 8.98 Å². The van der Waals surface area contributed by atoms with E-state index in [2.05, 4.69) is 89.5 Å². The molecule has 34 heavy (non-hydrogen) atoms. The molecule has 0 unspecified atom stereocenters. The summed E-state index contributed by atoms with van der Waals surface area (Å²) in [7, 11) is 0. The van der Waals surface area contributed by atoms with Crippen LogP contribution in [0.5, 0.6) is 0 Å². The number of aromatic nitrogens is 1. The molecule has 7 aromatic rings. The minimum Gasteiger partial charge on any atom is -0.420 e. The van der Waals surface area contributed by atoms with E-state index in [1.807, 2.05) is 30.3 Å². The summed E-state index contributed by atoms with van der Waals surface area (Å²) in [5.74, 6) is 0. The van der Waals surface area contributed by atoms with E-state index in [1.54, 1.807) is 0 Å². The van der Waals surface area contributed by atoms with Crippen molar-refractivity contribution >= 4 is 43.5 Å². The molecule has 2 heterocycles. The lowest BCUT2D eigenvalue weighted by Gasteiger charge is -2.14. The Labute approximate surface area is 195 Å². The normalized spacial score (nSPS) is 11.6. The third-order valence-electron chi connectivity index (χ3n) is 6.65. The SMILES string of the molecule is O=c1oc2c(ccc3c4ccccc4n(-c4ccccc4-c4ccccc4)c32)c2ccccc12. The van der Waals surface area contributed by atoms with Gasteiger partial charge in [0, 0.05) is 21.7 Å². The van der Waals surface area contributed by atoms with E-state index in [1.165, 1.54) is 0 Å². The van der Waals surface area contributed by atoms with Crippen LogP contribution in [0.3, 0.4) is 0 Å². The maximum atomic E-state index is 13.0. The molecule has 0 atom stereocenters. The molecule has 3 heteroatoms. The monoisotopic (exact) mass is 437 g/mol. The Hall–Kier alpha value is -4.63. The average Bonchev–Trinajstić information content (AvgIpc) is 3.24. The van der Waals surface area contributed by atoms with Gasteiger partial charge in [0.05, 0.1) is 22.1 Å². The molecule has 160 valence electrons. The number of hydrogen-bond donors (Lipinski definition) is 0. The molecule has 0 bridgehead atoms. The van der Waals surface area contributed by atoms with Gasteiger partial charge in [0.25, 0.3) is 0 Å². The first-order valence-electron chi connectivity index (χ1n) is 11.3. The molecule has 3 nitrogen and oxygen atoms in total. The van der Waals surface area contributed by atoms with Crippen molar-refractivity contribution in [2.75, 3.05) is 0 Å². The molecule has 0 N–H and O–H groups in total. The lowest BCUT2D eigenvalue weighted by atomic mass is 10.0. The summed E-state index contributed by atoms with van der Waals surface area (Å²) in [5.41, 5.74) is 5.57. The molecule has 0 spiro atoms. The summed E-state index contributed by atoms with van der Waals surface area (Å²) in [6, 6.07) is 39.0. The number of nitrogens with zero attached hydrogens (tertiary/aromatic N) is 1. The van der Waals surface area contributed by atoms with Crippen molar-refractivity contribution in [3.8, 4) is 16.8 Å². The van der Waals surface area contributed by atoms with Crippen LogP contribution in [0.1, 0.15) is 0 Å². The number of benzene rings is 5. The van der Waals surface area contributed by atoms with Gasteiger partial charge in [-0.3, -0.25) is 0 Å². The number of fused-ring (bicyclic) bond motifs is 7. The quantitative estimate of drug-likeness (QED) is 0.205. The highest BCUT2D eigenvalue weighted by molar-refractivity contribution is 6.20. The lowest BCUT2D eigenvalue weighted by molar-refractivity contribution is 0.572. The molecule has 0 saturated carbocycles. The van der Waals surface area contributed by atoms with Crippen LogP contribution in [0.15, 0.2) is 124 Å². The third-order valence-corrected chi connectivity index (χ3v) is 6.65. The van der Waals surface area contributed by atoms with Crippen molar-refractivity contribution in [2.24, 2.45) is 0 Å². The second-order valence-corrected chi connectivity index (χ2v) is 8.51. The first kappa shape index (κ1) is 18.9. The van der Waals surface area contributed by atoms with E-state index in [4.69, 9.17) is 4.42 Å². The molecule has 5 aromatic carbocycles. The second-order valence-electron chi connectivity index (χ2n) is 8.51. The molecular weight excluding hydrogens is 418 g/mol. The Morgan fingerprint density at radius 2 is 1.18 bits per heavy atom. The van der Waals surface area contributed by atoms with Crippen LogP contribution in [0.25, 0.3) is 60.4 Å². The molecule has 0 aliphatic carbocycles. The fourth-order valence-corrected chi connectivity index (χ4v) is 5.17. The summed E-state index contributed by atoms with van der Waals surface area (Å²) < 4.78 is 8.29. The van der Waals surface area contributed by atoms with E-state index >= 15 is 0 Å². The van der Waals surface area contributed by atoms with Gasteiger partial charge in [0.15, 0.2) is 5.58 Å². The van der Waals surface area contributed by atoms with E-state index in [0.29, 0.717) is 11.0 Å². The zero-order chi connectivity index (χ0) is 22.6. The highest BCUT2D eigenvalue weighted by atomic mass is 16.4. The van der Waals surface area contributed by atoms with Crippen LogP contribution >= 0.6 is 0 Å². The predicted molar refractivity (Wildman–Crippen MR) is 140 cm³/mol. The fourth-order valence-electron chi connectivity index (χ4n) is 5.17. The van der Waals surface area contributed by atoms with Crippen LogP contribution in [0, 0.1) is 0 Å². The lowest BCUT2D eigenvalue weighted by Crippen LogP contribution is -2.02. The van der Waals surface area contributed by atoms with Gasteiger partial charge in [-0.25, -0.2) is 4.79 Å². The Bertz CT molecular complexity index is 1930. The van der Waals surface area contributed by atoms with E-state index in [-0.39, 0.29) is 5.63 Å². The largest absolute Gasteiger partial charge is 0.420 e. The number of hydrogen-bond acceptors (Lipinski definition) is 2. The maximum absolute atomic E-state index is 13.0. The molecule has 0 saturated heterocycles. The molecule has 0 amide bonds. The summed E-state index contributed by atoms with van der Waals surface area (Å²) >= 11 is 0. The molecule has 0 aliphatic rings. The predicted octanol–water partition coefficient (Wildman–Crippen LogP) is 7.71. The van der Waals surface area contributed by atoms with E-state index in [9.17, 15) is 4.79 Å². The first-order chi connectivity index (χ1) is 16.8. The Balaban J connectivity index is 1.72. The van der Waals surface area contributed by atoms with Crippen molar-refractivity contribution in [3.05, 3.63) is 126 Å². The van der Waals surface area contributed by atoms with Crippen LogP contribution in [0.2, 0.25) is 0 Å². The number of rotatable bonds is 2. The summed E-state index contributed by atoms with van der Waals surface area (Å²) in [6.45, 7) is 0. The smallest absolute Gasteiger partial charge is 0.344 e. The van der Waals surface area contributed by atoms with Gasteiger partial charge in [-0.2, -0.15) is 0 Å². The van der Waals surface area contributed by atoms with Gasteiger partial charge in [-0.05, 0) is 35.2 Å². The summed E-state index contributed by atoms with van der Waals surface area (Å²) in [5, 5.41) is 4.62. The van der Waals surface area contributed by atoms with Gasteiger partial charge in [0.1, 0.15) is 0 Å². The van der Waals surface area contributed by atoms with Crippen molar-refractivity contribution in [1.82, 2.24) is 4.57 Å². The molecule has 0 fully saturated rings. The van der Waals surface area contributed by atoms with E-state index in [0.717, 1.165) is 49.4 Å². The molecule has 0 aliphatic heterocycles. The fraction of sp³-hybridized carbons (Fsp3) is 0. The topological polar surface area (TPSA) is 35.1 Å². The molecule has 0 radical (unpaired) electrons. The zero-order valence-corrected chi connectivity index (χ0v) is 18.2. The highest BCUT2D eigenvalue weighted by Gasteiger charge is 2.20. The van der Waals surface area contributed by atoms with Gasteiger partial charge in [-0.15, -0.1) is 0 Å². The van der Waals surface area contributed by atoms with Crippen LogP contribution in [-0.4, -0.2) is 4.57 Å². The van der Waals surface area contributed by atoms with Gasteiger partial charge in [-0.1, -0.05) is 91.0 Å². The van der Waals surface area contributed by atoms with Gasteiger partial charge in [0.2, 0.25) is 0 Å². The van der Waals surface area contributed by atoms with Crippen molar-refractivity contribution in [1.29, 1.82) is 0 Å². The standard InChI is InChI=1S/C31H19NO2/c33-31-26-15-5-4-13-22(26)25-19-18-24-23-14-7-9-17-28(23)32(29(24)30(25)34-31)27-16-8-6-12-21(27)20-10-2-1-3-11-20/h1-19H. The minimum atomic E-state index is -0.316. The van der Waals surface area contributed by atoms with Crippen molar-refractivity contribution in [3.63, 3.8) is 0 Å². The van der Waals surface area contributed by atoms with E-state index < -0.39 is 0 Å². The molecule has 7 rings (SSSR count). The Kier molecular flexibility index (Phi) is 4.00. The second kappa shape index (κ2) is 7.19. The molecule has 2 aromatic heterocycles.